The van der Waals surface area contributed by atoms with E-state index >= 15 is 0 Å². The van der Waals surface area contributed by atoms with Crippen LogP contribution in [-0.4, -0.2) is 37.3 Å². The van der Waals surface area contributed by atoms with Crippen molar-refractivity contribution in [3.05, 3.63) is 215 Å². The molecule has 60 heavy (non-hydrogen) atoms. The van der Waals surface area contributed by atoms with Crippen LogP contribution in [0.3, 0.4) is 0 Å². The quantitative estimate of drug-likeness (QED) is 0.113. The van der Waals surface area contributed by atoms with Crippen molar-refractivity contribution in [1.82, 2.24) is 19.2 Å². The highest BCUT2D eigenvalue weighted by Gasteiger charge is 2.29. The lowest BCUT2D eigenvalue weighted by Crippen LogP contribution is -2.38. The predicted octanol–water partition coefficient (Wildman–Crippen LogP) is 8.64. The number of carbonyl (C=O) groups is 2. The molecule has 0 saturated heterocycles. The second-order valence-electron chi connectivity index (χ2n) is 13.9. The number of nitrogens with zero attached hydrogens (tertiary/aromatic N) is 2. The van der Waals surface area contributed by atoms with E-state index in [0.717, 1.165) is 33.4 Å². The second kappa shape index (κ2) is 20.8. The van der Waals surface area contributed by atoms with Gasteiger partial charge in [-0.25, -0.2) is 25.4 Å². The average molecular weight is 841 g/mol. The Kier molecular flexibility index (Phi) is 15.4. The normalized spacial score (nSPS) is 11.7. The van der Waals surface area contributed by atoms with E-state index in [0.29, 0.717) is 0 Å². The van der Waals surface area contributed by atoms with Gasteiger partial charge in [-0.05, 0) is 72.5 Å². The molecule has 10 nitrogen and oxygen atoms in total. The van der Waals surface area contributed by atoms with Crippen molar-refractivity contribution in [3.8, 4) is 0 Å². The zero-order valence-corrected chi connectivity index (χ0v) is 35.5. The molecule has 6 rings (SSSR count). The second-order valence-corrected chi connectivity index (χ2v) is 17.6. The van der Waals surface area contributed by atoms with Gasteiger partial charge in [-0.2, -0.15) is 0 Å². The summed E-state index contributed by atoms with van der Waals surface area (Å²) in [6.45, 7) is 6.68. The molecule has 0 heterocycles. The number of benzene rings is 6. The van der Waals surface area contributed by atoms with Gasteiger partial charge < -0.3 is 10.6 Å². The van der Waals surface area contributed by atoms with Crippen LogP contribution < -0.4 is 10.6 Å². The van der Waals surface area contributed by atoms with Gasteiger partial charge in [-0.3, -0.25) is 9.59 Å². The molecule has 0 saturated carbocycles. The number of amides is 2. The molecule has 0 aromatic heterocycles. The summed E-state index contributed by atoms with van der Waals surface area (Å²) in [4.78, 5) is 24.2. The number of nitrogens with one attached hydrogen (secondary N) is 2. The minimum Gasteiger partial charge on any atom is -0.312 e. The summed E-state index contributed by atoms with van der Waals surface area (Å²) in [5.41, 5.74) is 5.09. The highest BCUT2D eigenvalue weighted by molar-refractivity contribution is 7.89. The minimum atomic E-state index is -3.93. The number of rotatable bonds is 14. The lowest BCUT2D eigenvalue weighted by molar-refractivity contribution is -0.119. The molecule has 0 atom stereocenters. The van der Waals surface area contributed by atoms with Crippen LogP contribution in [0.2, 0.25) is 0 Å². The summed E-state index contributed by atoms with van der Waals surface area (Å²) >= 11 is 0. The van der Waals surface area contributed by atoms with Crippen molar-refractivity contribution in [3.63, 3.8) is 0 Å². The molecular formula is C48H48N4O6S2. The van der Waals surface area contributed by atoms with Crippen molar-refractivity contribution in [1.29, 1.82) is 0 Å². The number of sulfonamides is 2. The van der Waals surface area contributed by atoms with Crippen LogP contribution in [0.1, 0.15) is 47.2 Å². The predicted molar refractivity (Wildman–Crippen MR) is 237 cm³/mol. The number of aryl methyl sites for hydroxylation is 2. The maximum absolute atomic E-state index is 13.6. The monoisotopic (exact) mass is 840 g/mol. The van der Waals surface area contributed by atoms with Gasteiger partial charge in [0.25, 0.3) is 20.0 Å². The highest BCUT2D eigenvalue weighted by atomic mass is 32.2. The van der Waals surface area contributed by atoms with E-state index in [1.165, 1.54) is 22.5 Å². The number of carbonyl (C=O) groups excluding carboxylic acids is 2. The molecule has 0 aliphatic carbocycles. The molecule has 0 aliphatic rings. The lowest BCUT2D eigenvalue weighted by atomic mass is 10.2. The van der Waals surface area contributed by atoms with Gasteiger partial charge >= 0.3 is 0 Å². The third-order valence-corrected chi connectivity index (χ3v) is 12.5. The molecule has 2 amide bonds. The molecule has 6 aromatic carbocycles. The van der Waals surface area contributed by atoms with Crippen LogP contribution in [0.15, 0.2) is 191 Å². The Morgan fingerprint density at radius 1 is 0.450 bits per heavy atom. The standard InChI is InChI=1S/2C24H24N2O3S/c2*1-19-13-15-23(16-14-19)30(28,29)26(18-22-11-7-4-8-12-22)24(25-20(2)27)17-21-9-5-3-6-10-21/h2*3-17H,18H2,1-2H3,(H,25,27)/b2*24-17-. The highest BCUT2D eigenvalue weighted by Crippen LogP contribution is 2.26. The maximum atomic E-state index is 13.6. The third kappa shape index (κ3) is 12.6. The van der Waals surface area contributed by atoms with Crippen LogP contribution in [0, 0.1) is 13.8 Å². The Morgan fingerprint density at radius 3 is 1.02 bits per heavy atom. The molecule has 0 bridgehead atoms. The molecule has 0 unspecified atom stereocenters. The van der Waals surface area contributed by atoms with Crippen LogP contribution in [0.25, 0.3) is 12.2 Å². The summed E-state index contributed by atoms with van der Waals surface area (Å²) in [5.74, 6) is -0.319. The summed E-state index contributed by atoms with van der Waals surface area (Å²) in [6.07, 6.45) is 3.33. The SMILES string of the molecule is CC(=O)N/C(=C/c1ccccc1)N(Cc1ccccc1)S(=O)(=O)c1ccc(C)cc1.CC(=O)N/C(=C/c1ccccc1)N(Cc1ccccc1)S(=O)(=O)c1ccc(C)cc1. The fourth-order valence-electron chi connectivity index (χ4n) is 5.89. The minimum absolute atomic E-state index is 0.0794. The van der Waals surface area contributed by atoms with Gasteiger partial charge in [0.15, 0.2) is 0 Å². The van der Waals surface area contributed by atoms with Crippen molar-refractivity contribution in [2.24, 2.45) is 0 Å². The molecule has 12 heteroatoms. The fourth-order valence-corrected chi connectivity index (χ4v) is 8.71. The molecule has 0 spiro atoms. The zero-order chi connectivity index (χ0) is 43.1. The first-order valence-corrected chi connectivity index (χ1v) is 22.0. The van der Waals surface area contributed by atoms with Gasteiger partial charge in [0.1, 0.15) is 11.6 Å². The third-order valence-electron chi connectivity index (χ3n) is 8.91. The Bertz CT molecular complexity index is 2430. The largest absolute Gasteiger partial charge is 0.312 e. The Hall–Kier alpha value is -6.76. The first-order valence-electron chi connectivity index (χ1n) is 19.1. The van der Waals surface area contributed by atoms with Crippen LogP contribution in [0.5, 0.6) is 0 Å². The van der Waals surface area contributed by atoms with Gasteiger partial charge in [0.05, 0.1) is 22.9 Å². The van der Waals surface area contributed by atoms with Crippen molar-refractivity contribution in [2.75, 3.05) is 0 Å². The Balaban J connectivity index is 0.000000228. The Labute approximate surface area is 353 Å². The van der Waals surface area contributed by atoms with Crippen molar-refractivity contribution >= 4 is 44.0 Å². The Morgan fingerprint density at radius 2 is 0.733 bits per heavy atom. The van der Waals surface area contributed by atoms with E-state index < -0.39 is 20.0 Å². The molecule has 0 radical (unpaired) electrons. The van der Waals surface area contributed by atoms with Crippen LogP contribution >= 0.6 is 0 Å². The summed E-state index contributed by atoms with van der Waals surface area (Å²) in [7, 11) is -7.86. The molecular weight excluding hydrogens is 793 g/mol. The summed E-state index contributed by atoms with van der Waals surface area (Å²) in [5, 5.41) is 5.41. The van der Waals surface area contributed by atoms with E-state index in [4.69, 9.17) is 0 Å². The summed E-state index contributed by atoms with van der Waals surface area (Å²) < 4.78 is 56.9. The molecule has 2 N–H and O–H groups in total. The van der Waals surface area contributed by atoms with Gasteiger partial charge in [-0.15, -0.1) is 0 Å². The van der Waals surface area contributed by atoms with E-state index in [1.54, 1.807) is 60.7 Å². The first kappa shape index (κ1) is 44.3. The van der Waals surface area contributed by atoms with Gasteiger partial charge in [0.2, 0.25) is 11.8 Å². The molecule has 0 fully saturated rings. The smallest absolute Gasteiger partial charge is 0.265 e. The van der Waals surface area contributed by atoms with Crippen molar-refractivity contribution < 1.29 is 26.4 Å². The van der Waals surface area contributed by atoms with Crippen LogP contribution in [0.4, 0.5) is 0 Å². The topological polar surface area (TPSA) is 133 Å². The van der Waals surface area contributed by atoms with Crippen LogP contribution in [-0.2, 0) is 42.7 Å². The van der Waals surface area contributed by atoms with E-state index in [9.17, 15) is 26.4 Å². The molecule has 0 aliphatic heterocycles. The average Bonchev–Trinajstić information content (AvgIpc) is 3.23. The zero-order valence-electron chi connectivity index (χ0n) is 33.9. The van der Waals surface area contributed by atoms with Crippen molar-refractivity contribution in [2.45, 2.75) is 50.6 Å². The van der Waals surface area contributed by atoms with E-state index in [2.05, 4.69) is 10.6 Å². The first-order chi connectivity index (χ1) is 28.7. The van der Waals surface area contributed by atoms with Gasteiger partial charge in [-0.1, -0.05) is 157 Å². The fraction of sp³-hybridized carbons (Fsp3) is 0.125. The van der Waals surface area contributed by atoms with E-state index in [1.807, 2.05) is 135 Å². The molecule has 308 valence electrons. The number of hydrogen-bond donors (Lipinski definition) is 2. The summed E-state index contributed by atoms with van der Waals surface area (Å²) in [6, 6.07) is 50.5. The molecule has 6 aromatic rings. The van der Waals surface area contributed by atoms with E-state index in [-0.39, 0.29) is 46.3 Å². The lowest BCUT2D eigenvalue weighted by Gasteiger charge is -2.27. The maximum Gasteiger partial charge on any atom is 0.265 e. The number of hydrogen-bond acceptors (Lipinski definition) is 6. The van der Waals surface area contributed by atoms with Gasteiger partial charge in [0, 0.05) is 13.8 Å².